The van der Waals surface area contributed by atoms with Crippen LogP contribution in [0.2, 0.25) is 10.0 Å². The molecule has 0 saturated heterocycles. The molecule has 0 aromatic heterocycles. The normalized spacial score (nSPS) is 12.8. The molecule has 7 heteroatoms. The van der Waals surface area contributed by atoms with Crippen LogP contribution in [0.4, 0.5) is 0 Å². The molecule has 0 bridgehead atoms. The maximum Gasteiger partial charge on any atom is 0.261 e. The Labute approximate surface area is 162 Å². The average molecular weight is 396 g/mol. The predicted molar refractivity (Wildman–Crippen MR) is 101 cm³/mol. The Kier molecular flexibility index (Phi) is 6.89. The van der Waals surface area contributed by atoms with Gasteiger partial charge in [0, 0.05) is 10.0 Å². The Balaban J connectivity index is 2.06. The van der Waals surface area contributed by atoms with E-state index in [1.54, 1.807) is 43.3 Å². The average Bonchev–Trinajstić information content (AvgIpc) is 2.61. The number of rotatable bonds is 7. The Morgan fingerprint density at radius 3 is 2.50 bits per heavy atom. The topological polar surface area (TPSA) is 64.6 Å². The molecule has 0 saturated carbocycles. The van der Waals surface area contributed by atoms with E-state index in [0.717, 1.165) is 5.56 Å². The fourth-order valence-electron chi connectivity index (χ4n) is 2.36. The highest BCUT2D eigenvalue weighted by atomic mass is 35.5. The van der Waals surface area contributed by atoms with E-state index in [4.69, 9.17) is 32.7 Å². The monoisotopic (exact) mass is 395 g/mol. The molecule has 0 aliphatic carbocycles. The van der Waals surface area contributed by atoms with Crippen molar-refractivity contribution in [3.8, 4) is 11.5 Å². The van der Waals surface area contributed by atoms with Crippen molar-refractivity contribution in [1.29, 1.82) is 0 Å². The van der Waals surface area contributed by atoms with Gasteiger partial charge in [0.05, 0.1) is 18.7 Å². The van der Waals surface area contributed by atoms with E-state index in [1.807, 2.05) is 6.92 Å². The summed E-state index contributed by atoms with van der Waals surface area (Å²) in [5, 5.41) is 3.82. The molecule has 26 heavy (non-hydrogen) atoms. The Morgan fingerprint density at radius 2 is 1.88 bits per heavy atom. The Morgan fingerprint density at radius 1 is 1.15 bits per heavy atom. The van der Waals surface area contributed by atoms with Crippen molar-refractivity contribution < 1.29 is 19.1 Å². The molecular formula is C19H19Cl2NO4. The highest BCUT2D eigenvalue weighted by molar-refractivity contribution is 6.35. The second-order valence-corrected chi connectivity index (χ2v) is 6.52. The van der Waals surface area contributed by atoms with Crippen molar-refractivity contribution in [2.75, 3.05) is 7.11 Å². The SMILES string of the molecule is COc1ccc(O[C@@H](C)C(=O)N[C@H](C)c2ccc(Cl)cc2Cl)c(C=O)c1. The second-order valence-electron chi connectivity index (χ2n) is 5.68. The number of benzene rings is 2. The minimum atomic E-state index is -0.810. The van der Waals surface area contributed by atoms with Crippen LogP contribution >= 0.6 is 23.2 Å². The molecule has 0 radical (unpaired) electrons. The number of hydrogen-bond donors (Lipinski definition) is 1. The minimum absolute atomic E-state index is 0.304. The van der Waals surface area contributed by atoms with Crippen LogP contribution in [0.25, 0.3) is 0 Å². The van der Waals surface area contributed by atoms with Gasteiger partial charge in [-0.25, -0.2) is 0 Å². The maximum atomic E-state index is 12.4. The second kappa shape index (κ2) is 8.92. The highest BCUT2D eigenvalue weighted by Gasteiger charge is 2.20. The lowest BCUT2D eigenvalue weighted by Crippen LogP contribution is -2.38. The zero-order valence-corrected chi connectivity index (χ0v) is 16.1. The number of methoxy groups -OCH3 is 1. The quantitative estimate of drug-likeness (QED) is 0.702. The third kappa shape index (κ3) is 4.90. The van der Waals surface area contributed by atoms with Gasteiger partial charge in [0.2, 0.25) is 0 Å². The van der Waals surface area contributed by atoms with Crippen LogP contribution < -0.4 is 14.8 Å². The first-order valence-corrected chi connectivity index (χ1v) is 8.66. The van der Waals surface area contributed by atoms with Crippen LogP contribution in [-0.2, 0) is 4.79 Å². The molecule has 5 nitrogen and oxygen atoms in total. The summed E-state index contributed by atoms with van der Waals surface area (Å²) >= 11 is 12.1. The summed E-state index contributed by atoms with van der Waals surface area (Å²) in [6, 6.07) is 9.54. The molecule has 0 spiro atoms. The van der Waals surface area contributed by atoms with Gasteiger partial charge in [0.25, 0.3) is 5.91 Å². The third-order valence-corrected chi connectivity index (χ3v) is 4.37. The molecule has 1 amide bonds. The van der Waals surface area contributed by atoms with Crippen LogP contribution in [0, 0.1) is 0 Å². The predicted octanol–water partition coefficient (Wildman–Crippen LogP) is 4.46. The largest absolute Gasteiger partial charge is 0.497 e. The lowest BCUT2D eigenvalue weighted by Gasteiger charge is -2.20. The fraction of sp³-hybridized carbons (Fsp3) is 0.263. The molecule has 2 rings (SSSR count). The molecular weight excluding hydrogens is 377 g/mol. The molecule has 2 aromatic rings. The van der Waals surface area contributed by atoms with Crippen LogP contribution in [0.15, 0.2) is 36.4 Å². The number of carbonyl (C=O) groups excluding carboxylic acids is 2. The molecule has 2 aromatic carbocycles. The van der Waals surface area contributed by atoms with Gasteiger partial charge >= 0.3 is 0 Å². The summed E-state index contributed by atoms with van der Waals surface area (Å²) in [5.41, 5.74) is 1.05. The van der Waals surface area contributed by atoms with E-state index in [0.29, 0.717) is 33.4 Å². The molecule has 138 valence electrons. The van der Waals surface area contributed by atoms with Crippen LogP contribution in [0.3, 0.4) is 0 Å². The van der Waals surface area contributed by atoms with E-state index in [-0.39, 0.29) is 11.9 Å². The van der Waals surface area contributed by atoms with E-state index in [2.05, 4.69) is 5.32 Å². The van der Waals surface area contributed by atoms with Crippen LogP contribution in [0.5, 0.6) is 11.5 Å². The van der Waals surface area contributed by atoms with Crippen molar-refractivity contribution in [2.45, 2.75) is 26.0 Å². The van der Waals surface area contributed by atoms with Gasteiger partial charge in [-0.2, -0.15) is 0 Å². The number of aldehydes is 1. The number of carbonyl (C=O) groups is 2. The summed E-state index contributed by atoms with van der Waals surface area (Å²) in [5.74, 6) is 0.499. The number of hydrogen-bond acceptors (Lipinski definition) is 4. The number of nitrogens with one attached hydrogen (secondary N) is 1. The summed E-state index contributed by atoms with van der Waals surface area (Å²) in [6.07, 6.45) is -0.158. The van der Waals surface area contributed by atoms with Crippen LogP contribution in [0.1, 0.15) is 35.8 Å². The molecule has 0 aliphatic rings. The minimum Gasteiger partial charge on any atom is -0.497 e. The van der Waals surface area contributed by atoms with E-state index >= 15 is 0 Å². The van der Waals surface area contributed by atoms with Gasteiger partial charge in [-0.1, -0.05) is 29.3 Å². The van der Waals surface area contributed by atoms with Gasteiger partial charge in [-0.15, -0.1) is 0 Å². The van der Waals surface area contributed by atoms with Crippen molar-refractivity contribution >= 4 is 35.4 Å². The summed E-state index contributed by atoms with van der Waals surface area (Å²) in [4.78, 5) is 23.6. The number of halogens is 2. The lowest BCUT2D eigenvalue weighted by molar-refractivity contribution is -0.127. The third-order valence-electron chi connectivity index (χ3n) is 3.80. The summed E-state index contributed by atoms with van der Waals surface area (Å²) in [6.45, 7) is 3.41. The fourth-order valence-corrected chi connectivity index (χ4v) is 2.93. The van der Waals surface area contributed by atoms with Crippen molar-refractivity contribution in [2.24, 2.45) is 0 Å². The zero-order chi connectivity index (χ0) is 19.3. The van der Waals surface area contributed by atoms with Gasteiger partial charge in [-0.05, 0) is 49.7 Å². The molecule has 0 heterocycles. The zero-order valence-electron chi connectivity index (χ0n) is 14.6. The number of amides is 1. The van der Waals surface area contributed by atoms with Gasteiger partial charge in [0.15, 0.2) is 12.4 Å². The Bertz CT molecular complexity index is 810. The van der Waals surface area contributed by atoms with Crippen molar-refractivity contribution in [3.63, 3.8) is 0 Å². The first kappa shape index (κ1) is 20.1. The molecule has 0 aliphatic heterocycles. The molecule has 0 unspecified atom stereocenters. The van der Waals surface area contributed by atoms with Crippen molar-refractivity contribution in [3.05, 3.63) is 57.6 Å². The van der Waals surface area contributed by atoms with E-state index in [9.17, 15) is 9.59 Å². The molecule has 2 atom stereocenters. The first-order chi connectivity index (χ1) is 12.3. The summed E-state index contributed by atoms with van der Waals surface area (Å²) < 4.78 is 10.7. The molecule has 1 N–H and O–H groups in total. The highest BCUT2D eigenvalue weighted by Crippen LogP contribution is 2.27. The van der Waals surface area contributed by atoms with E-state index < -0.39 is 6.10 Å². The van der Waals surface area contributed by atoms with Crippen molar-refractivity contribution in [1.82, 2.24) is 5.32 Å². The summed E-state index contributed by atoms with van der Waals surface area (Å²) in [7, 11) is 1.50. The van der Waals surface area contributed by atoms with Crippen LogP contribution in [-0.4, -0.2) is 25.4 Å². The molecule has 0 fully saturated rings. The standard InChI is InChI=1S/C19H19Cl2NO4/c1-11(16-6-4-14(20)9-17(16)21)22-19(24)12(2)26-18-7-5-15(25-3)8-13(18)10-23/h4-12H,1-3H3,(H,22,24)/t11-,12+/m1/s1. The number of ether oxygens (including phenoxy) is 2. The van der Waals surface area contributed by atoms with Gasteiger partial charge in [-0.3, -0.25) is 9.59 Å². The smallest absolute Gasteiger partial charge is 0.261 e. The lowest BCUT2D eigenvalue weighted by atomic mass is 10.1. The van der Waals surface area contributed by atoms with Gasteiger partial charge in [0.1, 0.15) is 11.5 Å². The Hall–Kier alpha value is -2.24. The van der Waals surface area contributed by atoms with E-state index in [1.165, 1.54) is 7.11 Å². The first-order valence-electron chi connectivity index (χ1n) is 7.91. The van der Waals surface area contributed by atoms with Gasteiger partial charge < -0.3 is 14.8 Å². The maximum absolute atomic E-state index is 12.4.